The smallest absolute Gasteiger partial charge is 0.341 e. The molecule has 2 aliphatic rings. The Labute approximate surface area is 210 Å². The number of fused-ring (bicyclic) bond motifs is 2. The topological polar surface area (TPSA) is 147 Å². The number of rotatable bonds is 7. The third-order valence-corrected chi connectivity index (χ3v) is 8.24. The zero-order valence-electron chi connectivity index (χ0n) is 19.3. The van der Waals surface area contributed by atoms with Crippen LogP contribution in [0.15, 0.2) is 33.9 Å². The number of hydrogen-bond donors (Lipinski definition) is 1. The molecule has 1 N–H and O–H groups in total. The van der Waals surface area contributed by atoms with Gasteiger partial charge in [-0.2, -0.15) is 0 Å². The Morgan fingerprint density at radius 2 is 1.94 bits per heavy atom. The molecule has 1 atom stereocenters. The summed E-state index contributed by atoms with van der Waals surface area (Å²) in [5.74, 6) is -1.37. The summed E-state index contributed by atoms with van der Waals surface area (Å²) in [6, 6.07) is 7.01. The first kappa shape index (κ1) is 24.3. The van der Waals surface area contributed by atoms with E-state index in [0.717, 1.165) is 29.7 Å². The minimum atomic E-state index is -4.26. The highest BCUT2D eigenvalue weighted by Gasteiger charge is 2.33. The number of sulfone groups is 1. The van der Waals surface area contributed by atoms with E-state index >= 15 is 0 Å². The number of carbonyl (C=O) groups excluding carboxylic acids is 2. The fraction of sp³-hybridized carbons (Fsp3) is 0.391. The van der Waals surface area contributed by atoms with Crippen molar-refractivity contribution in [3.05, 3.63) is 46.2 Å². The van der Waals surface area contributed by atoms with E-state index in [9.17, 15) is 18.0 Å². The van der Waals surface area contributed by atoms with Crippen LogP contribution in [0.4, 0.5) is 5.00 Å². The molecule has 13 heteroatoms. The van der Waals surface area contributed by atoms with Crippen molar-refractivity contribution in [1.82, 2.24) is 10.2 Å². The summed E-state index contributed by atoms with van der Waals surface area (Å²) in [5, 5.41) is 9.56. The van der Waals surface area contributed by atoms with Crippen LogP contribution >= 0.6 is 11.3 Å². The van der Waals surface area contributed by atoms with E-state index < -0.39 is 38.8 Å². The van der Waals surface area contributed by atoms with Crippen LogP contribution in [0.25, 0.3) is 0 Å². The van der Waals surface area contributed by atoms with Gasteiger partial charge in [0.1, 0.15) is 17.4 Å². The van der Waals surface area contributed by atoms with Gasteiger partial charge >= 0.3 is 11.2 Å². The van der Waals surface area contributed by atoms with Crippen molar-refractivity contribution in [2.45, 2.75) is 43.9 Å². The quantitative estimate of drug-likeness (QED) is 0.449. The third-order valence-electron chi connectivity index (χ3n) is 5.70. The van der Waals surface area contributed by atoms with Crippen molar-refractivity contribution in [3.63, 3.8) is 0 Å². The molecule has 0 spiro atoms. The number of thiophene rings is 1. The van der Waals surface area contributed by atoms with Gasteiger partial charge in [0.2, 0.25) is 21.8 Å². The van der Waals surface area contributed by atoms with Gasteiger partial charge in [0.05, 0.1) is 12.2 Å². The van der Waals surface area contributed by atoms with Gasteiger partial charge in [-0.3, -0.25) is 4.79 Å². The van der Waals surface area contributed by atoms with Gasteiger partial charge in [-0.1, -0.05) is 17.2 Å². The predicted octanol–water partition coefficient (Wildman–Crippen LogP) is 3.11. The Hall–Kier alpha value is -3.45. The molecule has 36 heavy (non-hydrogen) atoms. The highest BCUT2D eigenvalue weighted by molar-refractivity contribution is 7.91. The molecule has 2 aromatic heterocycles. The monoisotopic (exact) mass is 533 g/mol. The number of nitrogens with one attached hydrogen (secondary N) is 1. The summed E-state index contributed by atoms with van der Waals surface area (Å²) in [4.78, 5) is 26.3. The van der Waals surface area contributed by atoms with Crippen molar-refractivity contribution in [3.8, 4) is 11.5 Å². The number of hydrogen-bond acceptors (Lipinski definition) is 11. The van der Waals surface area contributed by atoms with E-state index in [0.29, 0.717) is 23.5 Å². The second kappa shape index (κ2) is 9.90. The normalized spacial score (nSPS) is 16.8. The number of aromatic nitrogens is 2. The van der Waals surface area contributed by atoms with Crippen LogP contribution in [0.2, 0.25) is 0 Å². The minimum Gasteiger partial charge on any atom is -0.485 e. The number of carbonyl (C=O) groups is 2. The number of nitrogens with zero attached hydrogens (tertiary/aromatic N) is 2. The molecule has 1 unspecified atom stereocenters. The number of ether oxygens (including phenoxy) is 3. The van der Waals surface area contributed by atoms with E-state index in [1.54, 1.807) is 31.2 Å². The molecule has 0 radical (unpaired) electrons. The molecule has 0 saturated heterocycles. The molecule has 1 aliphatic heterocycles. The standard InChI is InChI=1S/C23H23N3O8S2/c1-2-31-22(28)19-13-7-3-6-10-17(13)35-21(19)24-18(27)12-36(29,30)23-26-25-20(34-23)16-11-32-14-8-4-5-9-15(14)33-16/h4-5,8-9,16H,2-3,6-7,10-12H2,1H3,(H,24,27). The maximum atomic E-state index is 12.8. The Balaban J connectivity index is 1.30. The lowest BCUT2D eigenvalue weighted by Gasteiger charge is -2.23. The third kappa shape index (κ3) is 4.80. The molecule has 3 heterocycles. The van der Waals surface area contributed by atoms with Gasteiger partial charge in [-0.05, 0) is 50.3 Å². The van der Waals surface area contributed by atoms with Crippen molar-refractivity contribution >= 4 is 38.1 Å². The second-order valence-electron chi connectivity index (χ2n) is 8.21. The van der Waals surface area contributed by atoms with Gasteiger partial charge < -0.3 is 23.9 Å². The minimum absolute atomic E-state index is 0.0544. The Bertz CT molecular complexity index is 1410. The zero-order valence-corrected chi connectivity index (χ0v) is 20.9. The largest absolute Gasteiger partial charge is 0.485 e. The van der Waals surface area contributed by atoms with Gasteiger partial charge in [0.15, 0.2) is 11.5 Å². The van der Waals surface area contributed by atoms with Crippen molar-refractivity contribution in [1.29, 1.82) is 0 Å². The van der Waals surface area contributed by atoms with Gasteiger partial charge in [-0.15, -0.1) is 16.4 Å². The molecule has 5 rings (SSSR count). The van der Waals surface area contributed by atoms with Gasteiger partial charge in [0, 0.05) is 4.88 Å². The summed E-state index contributed by atoms with van der Waals surface area (Å²) < 4.78 is 47.5. The number of anilines is 1. The summed E-state index contributed by atoms with van der Waals surface area (Å²) >= 11 is 1.27. The molecule has 1 aliphatic carbocycles. The van der Waals surface area contributed by atoms with E-state index in [4.69, 9.17) is 18.6 Å². The van der Waals surface area contributed by atoms with Crippen LogP contribution < -0.4 is 14.8 Å². The van der Waals surface area contributed by atoms with E-state index in [1.165, 1.54) is 11.3 Å². The Morgan fingerprint density at radius 1 is 1.17 bits per heavy atom. The second-order valence-corrected chi connectivity index (χ2v) is 11.2. The summed E-state index contributed by atoms with van der Waals surface area (Å²) in [5.41, 5.74) is 1.16. The highest BCUT2D eigenvalue weighted by atomic mass is 32.2. The van der Waals surface area contributed by atoms with Gasteiger partial charge in [-0.25, -0.2) is 13.2 Å². The number of aryl methyl sites for hydroxylation is 1. The average Bonchev–Trinajstić information content (AvgIpc) is 3.49. The fourth-order valence-corrected chi connectivity index (χ4v) is 6.30. The summed E-state index contributed by atoms with van der Waals surface area (Å²) in [6.07, 6.45) is 2.62. The molecule has 11 nitrogen and oxygen atoms in total. The number of esters is 1. The van der Waals surface area contributed by atoms with Crippen LogP contribution in [0.5, 0.6) is 11.5 Å². The fourth-order valence-electron chi connectivity index (χ4n) is 4.09. The first-order chi connectivity index (χ1) is 17.4. The van der Waals surface area contributed by atoms with Crippen LogP contribution in [-0.2, 0) is 32.2 Å². The van der Waals surface area contributed by atoms with Crippen LogP contribution in [0, 0.1) is 0 Å². The van der Waals surface area contributed by atoms with Crippen molar-refractivity contribution in [2.24, 2.45) is 0 Å². The first-order valence-electron chi connectivity index (χ1n) is 11.4. The Morgan fingerprint density at radius 3 is 2.75 bits per heavy atom. The van der Waals surface area contributed by atoms with Crippen LogP contribution in [-0.4, -0.2) is 49.5 Å². The molecule has 1 aromatic carbocycles. The molecular formula is C23H23N3O8S2. The van der Waals surface area contributed by atoms with Gasteiger partial charge in [0.25, 0.3) is 5.89 Å². The zero-order chi connectivity index (χ0) is 25.3. The average molecular weight is 534 g/mol. The molecular weight excluding hydrogens is 510 g/mol. The highest BCUT2D eigenvalue weighted by Crippen LogP contribution is 2.39. The first-order valence-corrected chi connectivity index (χ1v) is 13.9. The van der Waals surface area contributed by atoms with E-state index in [1.807, 2.05) is 0 Å². The number of para-hydroxylation sites is 2. The molecule has 0 fully saturated rings. The lowest BCUT2D eigenvalue weighted by Crippen LogP contribution is -2.24. The lowest BCUT2D eigenvalue weighted by atomic mass is 9.95. The number of amides is 1. The van der Waals surface area contributed by atoms with E-state index in [2.05, 4.69) is 15.5 Å². The summed E-state index contributed by atoms with van der Waals surface area (Å²) in [7, 11) is -4.26. The summed E-state index contributed by atoms with van der Waals surface area (Å²) in [6.45, 7) is 1.94. The molecule has 0 bridgehead atoms. The maximum absolute atomic E-state index is 12.8. The predicted molar refractivity (Wildman–Crippen MR) is 127 cm³/mol. The Kier molecular flexibility index (Phi) is 6.67. The molecule has 3 aromatic rings. The molecule has 190 valence electrons. The lowest BCUT2D eigenvalue weighted by molar-refractivity contribution is -0.113. The van der Waals surface area contributed by atoms with Crippen LogP contribution in [0.3, 0.4) is 0 Å². The van der Waals surface area contributed by atoms with Crippen molar-refractivity contribution in [2.75, 3.05) is 24.3 Å². The van der Waals surface area contributed by atoms with Crippen LogP contribution in [0.1, 0.15) is 52.6 Å². The molecule has 0 saturated carbocycles. The molecule has 1 amide bonds. The van der Waals surface area contributed by atoms with E-state index in [-0.39, 0.29) is 24.1 Å². The maximum Gasteiger partial charge on any atom is 0.341 e. The SMILES string of the molecule is CCOC(=O)c1c(NC(=O)CS(=O)(=O)c2nnc(C3COc4ccccc4O3)o2)sc2c1CCCC2. The number of benzene rings is 1. The van der Waals surface area contributed by atoms with Crippen molar-refractivity contribution < 1.29 is 36.6 Å².